The Kier molecular flexibility index (Phi) is 7.03. The number of aryl methyl sites for hydroxylation is 1. The van der Waals surface area contributed by atoms with E-state index in [-0.39, 0.29) is 4.90 Å². The number of anilines is 2. The number of piperazine rings is 1. The number of rotatable bonds is 7. The highest BCUT2D eigenvalue weighted by molar-refractivity contribution is 7.94. The Balaban J connectivity index is 1.72. The van der Waals surface area contributed by atoms with Gasteiger partial charge < -0.3 is 4.90 Å². The van der Waals surface area contributed by atoms with Crippen LogP contribution in [0, 0.1) is 0 Å². The maximum absolute atomic E-state index is 12.8. The van der Waals surface area contributed by atoms with Crippen LogP contribution in [0.3, 0.4) is 0 Å². The predicted octanol–water partition coefficient (Wildman–Crippen LogP) is 3.91. The number of hydrogen-bond donors (Lipinski definition) is 0. The summed E-state index contributed by atoms with van der Waals surface area (Å²) in [4.78, 5) is 9.36. The zero-order chi connectivity index (χ0) is 21.0. The maximum Gasteiger partial charge on any atom is 0.278 e. The van der Waals surface area contributed by atoms with Crippen molar-refractivity contribution in [3.63, 3.8) is 0 Å². The molecule has 1 aromatic carbocycles. The summed E-state index contributed by atoms with van der Waals surface area (Å²) in [5, 5.41) is 0. The molecule has 1 aliphatic rings. The molecule has 0 N–H and O–H groups in total. The van der Waals surface area contributed by atoms with E-state index < -0.39 is 10.0 Å². The molecule has 0 spiro atoms. The minimum absolute atomic E-state index is 0.162. The predicted molar refractivity (Wildman–Crippen MR) is 119 cm³/mol. The van der Waals surface area contributed by atoms with Crippen LogP contribution in [-0.4, -0.2) is 50.5 Å². The summed E-state index contributed by atoms with van der Waals surface area (Å²) in [7, 11) is -3.84. The van der Waals surface area contributed by atoms with Crippen molar-refractivity contribution in [2.45, 2.75) is 44.6 Å². The Labute approximate surface area is 179 Å². The van der Waals surface area contributed by atoms with Crippen molar-refractivity contribution < 1.29 is 8.42 Å². The van der Waals surface area contributed by atoms with Gasteiger partial charge in [0.05, 0.1) is 16.8 Å². The first-order valence-electron chi connectivity index (χ1n) is 10.1. The molecule has 0 saturated carbocycles. The van der Waals surface area contributed by atoms with Crippen molar-refractivity contribution in [1.82, 2.24) is 9.88 Å². The molecule has 0 bridgehead atoms. The molecule has 6 nitrogen and oxygen atoms in total. The van der Waals surface area contributed by atoms with Gasteiger partial charge in [-0.2, -0.15) is 12.2 Å². The van der Waals surface area contributed by atoms with Crippen molar-refractivity contribution in [2.24, 2.45) is 0 Å². The lowest BCUT2D eigenvalue weighted by molar-refractivity contribution is 0.189. The van der Waals surface area contributed by atoms with Crippen molar-refractivity contribution in [1.29, 1.82) is 0 Å². The summed E-state index contributed by atoms with van der Waals surface area (Å²) in [5.41, 5.74) is 1.40. The zero-order valence-electron chi connectivity index (χ0n) is 17.3. The molecular formula is C21H29ClN4O2S. The lowest BCUT2D eigenvalue weighted by atomic mass is 10.2. The lowest BCUT2D eigenvalue weighted by Crippen LogP contribution is -2.52. The quantitative estimate of drug-likeness (QED) is 0.616. The molecule has 2 heterocycles. The monoisotopic (exact) mass is 436 g/mol. The Bertz CT molecular complexity index is 903. The van der Waals surface area contributed by atoms with Gasteiger partial charge in [-0.15, -0.1) is 0 Å². The van der Waals surface area contributed by atoms with Crippen LogP contribution in [0.4, 0.5) is 11.5 Å². The lowest BCUT2D eigenvalue weighted by Gasteiger charge is -2.40. The Morgan fingerprint density at radius 2 is 1.86 bits per heavy atom. The van der Waals surface area contributed by atoms with Gasteiger partial charge in [-0.25, -0.2) is 4.98 Å². The Morgan fingerprint density at radius 3 is 2.41 bits per heavy atom. The number of pyridine rings is 1. The van der Waals surface area contributed by atoms with Crippen molar-refractivity contribution in [3.05, 3.63) is 48.2 Å². The second kappa shape index (κ2) is 9.32. The third-order valence-corrected chi connectivity index (χ3v) is 7.62. The summed E-state index contributed by atoms with van der Waals surface area (Å²) in [5.74, 6) is 0.839. The van der Waals surface area contributed by atoms with Gasteiger partial charge in [0.2, 0.25) is 0 Å². The largest absolute Gasteiger partial charge is 0.354 e. The van der Waals surface area contributed by atoms with E-state index in [0.29, 0.717) is 11.7 Å². The molecule has 1 aromatic heterocycles. The van der Waals surface area contributed by atoms with E-state index in [2.05, 4.69) is 28.6 Å². The van der Waals surface area contributed by atoms with Gasteiger partial charge in [0.25, 0.3) is 10.0 Å². The summed E-state index contributed by atoms with van der Waals surface area (Å²) in [6, 6.07) is 10.8. The third kappa shape index (κ3) is 4.85. The van der Waals surface area contributed by atoms with Crippen LogP contribution in [0.15, 0.2) is 47.5 Å². The van der Waals surface area contributed by atoms with E-state index in [1.54, 1.807) is 30.3 Å². The van der Waals surface area contributed by atoms with E-state index in [0.717, 1.165) is 54.2 Å². The molecule has 29 heavy (non-hydrogen) atoms. The summed E-state index contributed by atoms with van der Waals surface area (Å²) in [6.45, 7) is 10.4. The third-order valence-electron chi connectivity index (χ3n) is 5.38. The highest BCUT2D eigenvalue weighted by Gasteiger charge is 2.26. The van der Waals surface area contributed by atoms with E-state index >= 15 is 0 Å². The highest BCUT2D eigenvalue weighted by atomic mass is 35.5. The first-order valence-corrected chi connectivity index (χ1v) is 11.9. The van der Waals surface area contributed by atoms with Gasteiger partial charge in [0.15, 0.2) is 0 Å². The average molecular weight is 437 g/mol. The van der Waals surface area contributed by atoms with Gasteiger partial charge in [0.1, 0.15) is 5.82 Å². The average Bonchev–Trinajstić information content (AvgIpc) is 2.75. The first-order chi connectivity index (χ1) is 13.9. The Hall–Kier alpha value is -1.83. The van der Waals surface area contributed by atoms with Crippen molar-refractivity contribution in [3.8, 4) is 0 Å². The number of aromatic nitrogens is 1. The van der Waals surface area contributed by atoms with Crippen molar-refractivity contribution in [2.75, 3.05) is 34.9 Å². The van der Waals surface area contributed by atoms with Crippen molar-refractivity contribution >= 4 is 33.3 Å². The molecular weight excluding hydrogens is 408 g/mol. The van der Waals surface area contributed by atoms with Crippen LogP contribution in [-0.2, 0) is 16.4 Å². The molecule has 1 fully saturated rings. The zero-order valence-corrected chi connectivity index (χ0v) is 18.8. The van der Waals surface area contributed by atoms with E-state index in [9.17, 15) is 8.42 Å². The van der Waals surface area contributed by atoms with Crippen LogP contribution in [0.25, 0.3) is 0 Å². The molecule has 158 valence electrons. The van der Waals surface area contributed by atoms with Gasteiger partial charge in [-0.05, 0) is 56.1 Å². The minimum atomic E-state index is -3.84. The number of hydrogen-bond acceptors (Lipinski definition) is 5. The van der Waals surface area contributed by atoms with E-state index in [4.69, 9.17) is 11.8 Å². The molecule has 0 aliphatic carbocycles. The number of halogens is 1. The molecule has 2 aromatic rings. The highest BCUT2D eigenvalue weighted by Crippen LogP contribution is 2.27. The fraction of sp³-hybridized carbons (Fsp3) is 0.476. The summed E-state index contributed by atoms with van der Waals surface area (Å²) in [6.07, 6.45) is 3.52. The van der Waals surface area contributed by atoms with Gasteiger partial charge in [0, 0.05) is 37.5 Å². The van der Waals surface area contributed by atoms with Crippen LogP contribution in [0.5, 0.6) is 0 Å². The van der Waals surface area contributed by atoms with Gasteiger partial charge in [-0.1, -0.05) is 26.0 Å². The number of sulfonamides is 1. The van der Waals surface area contributed by atoms with Crippen LogP contribution < -0.4 is 8.72 Å². The number of benzene rings is 1. The molecule has 0 amide bonds. The maximum atomic E-state index is 12.8. The van der Waals surface area contributed by atoms with Gasteiger partial charge in [-0.3, -0.25) is 4.90 Å². The molecule has 0 radical (unpaired) electrons. The second-order valence-electron chi connectivity index (χ2n) is 7.42. The summed E-state index contributed by atoms with van der Waals surface area (Å²) < 4.78 is 26.4. The standard InChI is InChI=1S/C21H29ClN4O2S/c1-4-12-24-13-14-25(16-17(24)3)21-11-8-19(15-23-21)26(22)29(27,28)20-9-6-18(5-2)7-10-20/h6-11,15,17H,4-5,12-14,16H2,1-3H3/t17-/m0/s1. The second-order valence-corrected chi connectivity index (χ2v) is 9.75. The van der Waals surface area contributed by atoms with Crippen LogP contribution in [0.2, 0.25) is 0 Å². The van der Waals surface area contributed by atoms with Crippen LogP contribution >= 0.6 is 11.8 Å². The molecule has 1 aliphatic heterocycles. The molecule has 8 heteroatoms. The normalized spacial score (nSPS) is 18.1. The smallest absolute Gasteiger partial charge is 0.278 e. The summed E-state index contributed by atoms with van der Waals surface area (Å²) >= 11 is 6.21. The van der Waals surface area contributed by atoms with E-state index in [1.807, 2.05) is 13.0 Å². The first kappa shape index (κ1) is 21.9. The molecule has 0 unspecified atom stereocenters. The fourth-order valence-electron chi connectivity index (χ4n) is 3.62. The van der Waals surface area contributed by atoms with Gasteiger partial charge >= 0.3 is 0 Å². The molecule has 1 saturated heterocycles. The molecule has 3 rings (SSSR count). The minimum Gasteiger partial charge on any atom is -0.354 e. The number of nitrogens with zero attached hydrogens (tertiary/aromatic N) is 4. The molecule has 1 atom stereocenters. The SMILES string of the molecule is CCCN1CCN(c2ccc(N(Cl)S(=O)(=O)c3ccc(CC)cc3)cn2)C[C@@H]1C. The fourth-order valence-corrected chi connectivity index (χ4v) is 5.01. The van der Waals surface area contributed by atoms with E-state index in [1.165, 1.54) is 6.20 Å². The topological polar surface area (TPSA) is 56.8 Å². The Morgan fingerprint density at radius 1 is 1.14 bits per heavy atom. The van der Waals surface area contributed by atoms with Crippen LogP contribution in [0.1, 0.15) is 32.8 Å².